The molecule has 0 saturated heterocycles. The minimum absolute atomic E-state index is 0.216. The van der Waals surface area contributed by atoms with Gasteiger partial charge in [0.1, 0.15) is 0 Å². The topological polar surface area (TPSA) is 9.23 Å². The Morgan fingerprint density at radius 3 is 2.36 bits per heavy atom. The maximum atomic E-state index is 6.16. The Morgan fingerprint density at radius 2 is 1.93 bits per heavy atom. The van der Waals surface area contributed by atoms with E-state index in [1.54, 1.807) is 0 Å². The van der Waals surface area contributed by atoms with Gasteiger partial charge in [0.05, 0.1) is 12.2 Å². The number of hydrogen-bond acceptors (Lipinski definition) is 1. The van der Waals surface area contributed by atoms with Crippen molar-refractivity contribution >= 4 is 0 Å². The minimum Gasteiger partial charge on any atom is -0.370 e. The summed E-state index contributed by atoms with van der Waals surface area (Å²) in [6.45, 7) is 13.4. The summed E-state index contributed by atoms with van der Waals surface area (Å²) in [7, 11) is 0. The lowest BCUT2D eigenvalue weighted by atomic mass is 9.82. The first-order valence-corrected chi connectivity index (χ1v) is 5.64. The summed E-state index contributed by atoms with van der Waals surface area (Å²) in [5.41, 5.74) is 1.61. The largest absolute Gasteiger partial charge is 0.370 e. The average molecular weight is 196 g/mol. The van der Waals surface area contributed by atoms with E-state index in [4.69, 9.17) is 4.74 Å². The van der Waals surface area contributed by atoms with E-state index in [0.29, 0.717) is 18.1 Å². The van der Waals surface area contributed by atoms with Gasteiger partial charge in [-0.05, 0) is 30.3 Å². The van der Waals surface area contributed by atoms with Crippen molar-refractivity contribution in [3.05, 3.63) is 11.6 Å². The van der Waals surface area contributed by atoms with E-state index in [1.165, 1.54) is 5.57 Å². The van der Waals surface area contributed by atoms with Gasteiger partial charge in [0.25, 0.3) is 0 Å². The van der Waals surface area contributed by atoms with Gasteiger partial charge >= 0.3 is 0 Å². The molecular formula is C13H24O. The molecule has 2 atom stereocenters. The monoisotopic (exact) mass is 196 g/mol. The molecule has 1 aliphatic heterocycles. The molecule has 0 aromatic carbocycles. The average Bonchev–Trinajstić information content (AvgIpc) is 2.02. The Hall–Kier alpha value is -0.300. The van der Waals surface area contributed by atoms with E-state index >= 15 is 0 Å². The SMILES string of the molecule is CC1=CC[C@@H](C(C)C)O[C@@H]1C(C)(C)C. The standard InChI is InChI=1S/C13H24O/c1-9(2)11-8-7-10(3)12(14-11)13(4,5)6/h7,9,11-12H,8H2,1-6H3/t11-,12-/m0/s1. The third-order valence-corrected chi connectivity index (χ3v) is 2.93. The van der Waals surface area contributed by atoms with Crippen LogP contribution in [0.1, 0.15) is 48.0 Å². The lowest BCUT2D eigenvalue weighted by Gasteiger charge is -2.39. The normalized spacial score (nSPS) is 29.2. The van der Waals surface area contributed by atoms with Crippen LogP contribution in [0.2, 0.25) is 0 Å². The number of ether oxygens (including phenoxy) is 1. The third-order valence-electron chi connectivity index (χ3n) is 2.93. The van der Waals surface area contributed by atoms with E-state index in [9.17, 15) is 0 Å². The van der Waals surface area contributed by atoms with Gasteiger partial charge in [0.2, 0.25) is 0 Å². The molecular weight excluding hydrogens is 172 g/mol. The summed E-state index contributed by atoms with van der Waals surface area (Å²) in [6.07, 6.45) is 4.13. The molecule has 0 aromatic heterocycles. The second-order valence-electron chi connectivity index (χ2n) is 5.85. The van der Waals surface area contributed by atoms with Crippen molar-refractivity contribution in [2.24, 2.45) is 11.3 Å². The van der Waals surface area contributed by atoms with Crippen LogP contribution < -0.4 is 0 Å². The van der Waals surface area contributed by atoms with Crippen molar-refractivity contribution in [1.82, 2.24) is 0 Å². The maximum Gasteiger partial charge on any atom is 0.0834 e. The highest BCUT2D eigenvalue weighted by molar-refractivity contribution is 5.12. The molecule has 0 aromatic rings. The fourth-order valence-corrected chi connectivity index (χ4v) is 2.06. The Labute approximate surface area is 88.5 Å². The van der Waals surface area contributed by atoms with Crippen molar-refractivity contribution in [3.8, 4) is 0 Å². The van der Waals surface area contributed by atoms with Crippen molar-refractivity contribution in [2.75, 3.05) is 0 Å². The predicted molar refractivity (Wildman–Crippen MR) is 61.3 cm³/mol. The predicted octanol–water partition coefficient (Wildman–Crippen LogP) is 3.79. The summed E-state index contributed by atoms with van der Waals surface area (Å²) in [4.78, 5) is 0. The minimum atomic E-state index is 0.216. The van der Waals surface area contributed by atoms with Crippen LogP contribution in [0.3, 0.4) is 0 Å². The van der Waals surface area contributed by atoms with E-state index < -0.39 is 0 Å². The molecule has 0 N–H and O–H groups in total. The highest BCUT2D eigenvalue weighted by Gasteiger charge is 2.32. The molecule has 0 unspecified atom stereocenters. The first-order chi connectivity index (χ1) is 6.32. The van der Waals surface area contributed by atoms with Crippen LogP contribution in [0.5, 0.6) is 0 Å². The van der Waals surface area contributed by atoms with Gasteiger partial charge in [-0.25, -0.2) is 0 Å². The van der Waals surface area contributed by atoms with Gasteiger partial charge in [-0.1, -0.05) is 40.7 Å². The van der Waals surface area contributed by atoms with Gasteiger partial charge in [0, 0.05) is 0 Å². The zero-order valence-electron chi connectivity index (χ0n) is 10.4. The van der Waals surface area contributed by atoms with Crippen LogP contribution in [0.4, 0.5) is 0 Å². The summed E-state index contributed by atoms with van der Waals surface area (Å²) < 4.78 is 6.16. The number of rotatable bonds is 1. The molecule has 1 aliphatic rings. The molecule has 14 heavy (non-hydrogen) atoms. The first-order valence-electron chi connectivity index (χ1n) is 5.64. The summed E-state index contributed by atoms with van der Waals surface area (Å²) in [6, 6.07) is 0. The highest BCUT2D eigenvalue weighted by atomic mass is 16.5. The fourth-order valence-electron chi connectivity index (χ4n) is 2.06. The van der Waals surface area contributed by atoms with Crippen molar-refractivity contribution < 1.29 is 4.74 Å². The van der Waals surface area contributed by atoms with Crippen molar-refractivity contribution in [3.63, 3.8) is 0 Å². The smallest absolute Gasteiger partial charge is 0.0834 e. The maximum absolute atomic E-state index is 6.16. The van der Waals surface area contributed by atoms with Gasteiger partial charge in [-0.2, -0.15) is 0 Å². The van der Waals surface area contributed by atoms with Crippen LogP contribution in [0, 0.1) is 11.3 Å². The molecule has 1 rings (SSSR count). The molecule has 82 valence electrons. The Kier molecular flexibility index (Phi) is 3.41. The van der Waals surface area contributed by atoms with Crippen LogP contribution in [0.25, 0.3) is 0 Å². The Bertz CT molecular complexity index is 220. The van der Waals surface area contributed by atoms with Crippen LogP contribution in [-0.4, -0.2) is 12.2 Å². The van der Waals surface area contributed by atoms with Gasteiger partial charge in [-0.15, -0.1) is 0 Å². The second-order valence-corrected chi connectivity index (χ2v) is 5.85. The quantitative estimate of drug-likeness (QED) is 0.580. The summed E-state index contributed by atoms with van der Waals surface area (Å²) in [5, 5.41) is 0. The molecule has 0 aliphatic carbocycles. The fraction of sp³-hybridized carbons (Fsp3) is 0.846. The molecule has 0 saturated carbocycles. The van der Waals surface area contributed by atoms with E-state index in [-0.39, 0.29) is 5.41 Å². The van der Waals surface area contributed by atoms with Crippen LogP contribution >= 0.6 is 0 Å². The Morgan fingerprint density at radius 1 is 1.36 bits per heavy atom. The van der Waals surface area contributed by atoms with Gasteiger partial charge < -0.3 is 4.74 Å². The number of hydrogen-bond donors (Lipinski definition) is 0. The molecule has 0 amide bonds. The molecule has 0 fully saturated rings. The summed E-state index contributed by atoms with van der Waals surface area (Å²) in [5.74, 6) is 0.615. The zero-order valence-corrected chi connectivity index (χ0v) is 10.4. The van der Waals surface area contributed by atoms with Crippen molar-refractivity contribution in [2.45, 2.75) is 60.2 Å². The highest BCUT2D eigenvalue weighted by Crippen LogP contribution is 2.34. The molecule has 0 spiro atoms. The molecule has 1 heteroatoms. The van der Waals surface area contributed by atoms with Crippen molar-refractivity contribution in [1.29, 1.82) is 0 Å². The summed E-state index contributed by atoms with van der Waals surface area (Å²) >= 11 is 0. The van der Waals surface area contributed by atoms with E-state index in [2.05, 4.69) is 47.6 Å². The molecule has 1 nitrogen and oxygen atoms in total. The molecule has 0 bridgehead atoms. The van der Waals surface area contributed by atoms with Crippen LogP contribution in [0.15, 0.2) is 11.6 Å². The van der Waals surface area contributed by atoms with E-state index in [0.717, 1.165) is 6.42 Å². The Balaban J connectivity index is 2.77. The molecule has 1 heterocycles. The zero-order chi connectivity index (χ0) is 10.9. The third kappa shape index (κ3) is 2.60. The first kappa shape index (κ1) is 11.8. The van der Waals surface area contributed by atoms with E-state index in [1.807, 2.05) is 0 Å². The lowest BCUT2D eigenvalue weighted by Crippen LogP contribution is -2.38. The van der Waals surface area contributed by atoms with Gasteiger partial charge in [-0.3, -0.25) is 0 Å². The van der Waals surface area contributed by atoms with Crippen LogP contribution in [-0.2, 0) is 4.74 Å². The van der Waals surface area contributed by atoms with Gasteiger partial charge in [0.15, 0.2) is 0 Å². The lowest BCUT2D eigenvalue weighted by molar-refractivity contribution is -0.0710. The second kappa shape index (κ2) is 4.06. The molecule has 0 radical (unpaired) electrons.